The van der Waals surface area contributed by atoms with Gasteiger partial charge in [0.25, 0.3) is 10.0 Å². The van der Waals surface area contributed by atoms with Gasteiger partial charge in [0.05, 0.1) is 10.6 Å². The van der Waals surface area contributed by atoms with Crippen LogP contribution >= 0.6 is 0 Å². The number of hydrogen-bond donors (Lipinski definition) is 1. The van der Waals surface area contributed by atoms with Gasteiger partial charge in [-0.1, -0.05) is 49.1 Å². The fourth-order valence-electron chi connectivity index (χ4n) is 4.91. The van der Waals surface area contributed by atoms with Crippen LogP contribution in [0.5, 0.6) is 0 Å². The Morgan fingerprint density at radius 3 is 2.02 bits per heavy atom. The van der Waals surface area contributed by atoms with Gasteiger partial charge in [0.2, 0.25) is 11.8 Å². The summed E-state index contributed by atoms with van der Waals surface area (Å²) in [5, 5.41) is 3.04. The van der Waals surface area contributed by atoms with Crippen molar-refractivity contribution in [3.05, 3.63) is 95.6 Å². The molecule has 0 aliphatic heterocycles. The van der Waals surface area contributed by atoms with Gasteiger partial charge in [-0.15, -0.1) is 0 Å². The molecule has 7 nitrogen and oxygen atoms in total. The standard InChI is InChI=1S/C31H35F2N3O4S/c1-22-8-16-28(17-9-22)36(41(39,40)29-18-14-26(33)15-19-29)21-30(37)35(20-24-10-12-25(32)13-11-24)23(2)31(38)34-27-6-4-3-5-7-27/h8-19,23,27H,3-7,20-21H2,1-2H3,(H,34,38). The third kappa shape index (κ3) is 7.70. The maximum absolute atomic E-state index is 13.9. The minimum absolute atomic E-state index is 0.0179. The first-order valence-corrected chi connectivity index (χ1v) is 15.2. The Labute approximate surface area is 240 Å². The molecule has 41 heavy (non-hydrogen) atoms. The fourth-order valence-corrected chi connectivity index (χ4v) is 6.33. The lowest BCUT2D eigenvalue weighted by atomic mass is 9.95. The lowest BCUT2D eigenvalue weighted by Crippen LogP contribution is -2.53. The second-order valence-electron chi connectivity index (χ2n) is 10.5. The SMILES string of the molecule is Cc1ccc(N(CC(=O)N(Cc2ccc(F)cc2)C(C)C(=O)NC2CCCCC2)S(=O)(=O)c2ccc(F)cc2)cc1. The molecule has 0 aromatic heterocycles. The minimum Gasteiger partial charge on any atom is -0.352 e. The van der Waals surface area contributed by atoms with Crippen molar-refractivity contribution in [2.45, 2.75) is 69.5 Å². The van der Waals surface area contributed by atoms with Gasteiger partial charge in [-0.3, -0.25) is 13.9 Å². The number of hydrogen-bond acceptors (Lipinski definition) is 4. The van der Waals surface area contributed by atoms with Crippen molar-refractivity contribution in [2.24, 2.45) is 0 Å². The van der Waals surface area contributed by atoms with Crippen LogP contribution in [0.3, 0.4) is 0 Å². The number of rotatable bonds is 10. The van der Waals surface area contributed by atoms with Gasteiger partial charge in [-0.25, -0.2) is 17.2 Å². The Morgan fingerprint density at radius 2 is 1.44 bits per heavy atom. The van der Waals surface area contributed by atoms with Gasteiger partial charge in [0.1, 0.15) is 24.2 Å². The van der Waals surface area contributed by atoms with E-state index >= 15 is 0 Å². The van der Waals surface area contributed by atoms with Crippen molar-refractivity contribution in [1.82, 2.24) is 10.2 Å². The molecule has 0 saturated heterocycles. The summed E-state index contributed by atoms with van der Waals surface area (Å²) in [4.78, 5) is 28.4. The van der Waals surface area contributed by atoms with E-state index in [1.807, 2.05) is 6.92 Å². The normalized spacial score (nSPS) is 14.7. The molecule has 3 aromatic carbocycles. The van der Waals surface area contributed by atoms with Gasteiger partial charge in [0, 0.05) is 12.6 Å². The topological polar surface area (TPSA) is 86.8 Å². The smallest absolute Gasteiger partial charge is 0.264 e. The number of anilines is 1. The molecule has 0 spiro atoms. The molecular formula is C31H35F2N3O4S. The van der Waals surface area contributed by atoms with Crippen molar-refractivity contribution in [3.8, 4) is 0 Å². The predicted molar refractivity (Wildman–Crippen MR) is 154 cm³/mol. The van der Waals surface area contributed by atoms with Crippen LogP contribution in [-0.2, 0) is 26.2 Å². The van der Waals surface area contributed by atoms with E-state index in [1.165, 1.54) is 29.2 Å². The lowest BCUT2D eigenvalue weighted by molar-refractivity contribution is -0.139. The Bertz CT molecular complexity index is 1440. The summed E-state index contributed by atoms with van der Waals surface area (Å²) in [5.74, 6) is -1.99. The number of carbonyl (C=O) groups excluding carboxylic acids is 2. The Hall–Kier alpha value is -3.79. The molecule has 1 fully saturated rings. The van der Waals surface area contributed by atoms with Crippen molar-refractivity contribution in [2.75, 3.05) is 10.8 Å². The molecular weight excluding hydrogens is 548 g/mol. The monoisotopic (exact) mass is 583 g/mol. The van der Waals surface area contributed by atoms with Crippen LogP contribution in [0, 0.1) is 18.6 Å². The second-order valence-corrected chi connectivity index (χ2v) is 12.3. The highest BCUT2D eigenvalue weighted by atomic mass is 32.2. The zero-order valence-electron chi connectivity index (χ0n) is 23.2. The third-order valence-electron chi connectivity index (χ3n) is 7.39. The van der Waals surface area contributed by atoms with Crippen LogP contribution in [0.2, 0.25) is 0 Å². The molecule has 1 atom stereocenters. The summed E-state index contributed by atoms with van der Waals surface area (Å²) >= 11 is 0. The second kappa shape index (κ2) is 13.2. The van der Waals surface area contributed by atoms with Crippen LogP contribution < -0.4 is 9.62 Å². The van der Waals surface area contributed by atoms with Gasteiger partial charge < -0.3 is 10.2 Å². The molecule has 4 rings (SSSR count). The molecule has 1 aliphatic rings. The Balaban J connectivity index is 1.66. The summed E-state index contributed by atoms with van der Waals surface area (Å²) in [5.41, 5.74) is 1.72. The molecule has 3 aromatic rings. The van der Waals surface area contributed by atoms with Crippen molar-refractivity contribution < 1.29 is 26.8 Å². The molecule has 1 aliphatic carbocycles. The minimum atomic E-state index is -4.29. The van der Waals surface area contributed by atoms with E-state index in [9.17, 15) is 26.8 Å². The van der Waals surface area contributed by atoms with Crippen LogP contribution in [-0.4, -0.2) is 43.8 Å². The summed E-state index contributed by atoms with van der Waals surface area (Å²) < 4.78 is 55.7. The van der Waals surface area contributed by atoms with E-state index in [2.05, 4.69) is 5.32 Å². The molecule has 10 heteroatoms. The zero-order valence-corrected chi connectivity index (χ0v) is 24.0. The van der Waals surface area contributed by atoms with E-state index in [0.717, 1.165) is 66.2 Å². The highest BCUT2D eigenvalue weighted by Crippen LogP contribution is 2.25. The highest BCUT2D eigenvalue weighted by Gasteiger charge is 2.33. The fraction of sp³-hybridized carbons (Fsp3) is 0.355. The first kappa shape index (κ1) is 30.2. The lowest BCUT2D eigenvalue weighted by Gasteiger charge is -2.33. The number of aryl methyl sites for hydroxylation is 1. The molecule has 0 bridgehead atoms. The number of nitrogens with zero attached hydrogens (tertiary/aromatic N) is 2. The van der Waals surface area contributed by atoms with E-state index in [-0.39, 0.29) is 29.1 Å². The van der Waals surface area contributed by atoms with Crippen molar-refractivity contribution in [3.63, 3.8) is 0 Å². The average molecular weight is 584 g/mol. The number of sulfonamides is 1. The first-order chi connectivity index (χ1) is 19.5. The largest absolute Gasteiger partial charge is 0.352 e. The summed E-state index contributed by atoms with van der Waals surface area (Å²) in [7, 11) is -4.29. The van der Waals surface area contributed by atoms with Gasteiger partial charge >= 0.3 is 0 Å². The van der Waals surface area contributed by atoms with Crippen LogP contribution in [0.4, 0.5) is 14.5 Å². The maximum atomic E-state index is 13.9. The third-order valence-corrected chi connectivity index (χ3v) is 9.18. The molecule has 2 amide bonds. The van der Waals surface area contributed by atoms with Crippen molar-refractivity contribution in [1.29, 1.82) is 0 Å². The van der Waals surface area contributed by atoms with Gasteiger partial charge in [0.15, 0.2) is 0 Å². The number of amides is 2. The molecule has 0 heterocycles. The molecule has 1 unspecified atom stereocenters. The van der Waals surface area contributed by atoms with Crippen LogP contribution in [0.25, 0.3) is 0 Å². The van der Waals surface area contributed by atoms with E-state index < -0.39 is 40.2 Å². The van der Waals surface area contributed by atoms with Crippen LogP contribution in [0.15, 0.2) is 77.7 Å². The Morgan fingerprint density at radius 1 is 0.878 bits per heavy atom. The van der Waals surface area contributed by atoms with E-state index in [4.69, 9.17) is 0 Å². The molecule has 1 N–H and O–H groups in total. The first-order valence-electron chi connectivity index (χ1n) is 13.7. The molecule has 218 valence electrons. The zero-order chi connectivity index (χ0) is 29.6. The number of nitrogens with one attached hydrogen (secondary N) is 1. The number of halogens is 2. The summed E-state index contributed by atoms with van der Waals surface area (Å²) in [6.07, 6.45) is 4.88. The number of benzene rings is 3. The summed E-state index contributed by atoms with van der Waals surface area (Å²) in [6.45, 7) is 2.82. The van der Waals surface area contributed by atoms with Crippen molar-refractivity contribution >= 4 is 27.5 Å². The molecule has 0 radical (unpaired) electrons. The van der Waals surface area contributed by atoms with Gasteiger partial charge in [-0.05, 0) is 80.8 Å². The van der Waals surface area contributed by atoms with E-state index in [0.29, 0.717) is 5.56 Å². The summed E-state index contributed by atoms with van der Waals surface area (Å²) in [6, 6.07) is 15.7. The maximum Gasteiger partial charge on any atom is 0.264 e. The van der Waals surface area contributed by atoms with Gasteiger partial charge in [-0.2, -0.15) is 0 Å². The van der Waals surface area contributed by atoms with Crippen LogP contribution in [0.1, 0.15) is 50.2 Å². The van der Waals surface area contributed by atoms with E-state index in [1.54, 1.807) is 31.2 Å². The number of carbonyl (C=O) groups is 2. The highest BCUT2D eigenvalue weighted by molar-refractivity contribution is 7.92. The predicted octanol–water partition coefficient (Wildman–Crippen LogP) is 5.33. The quantitative estimate of drug-likeness (QED) is 0.349. The Kier molecular flexibility index (Phi) is 9.75. The molecule has 1 saturated carbocycles. The average Bonchev–Trinajstić information content (AvgIpc) is 2.96.